The van der Waals surface area contributed by atoms with Crippen molar-refractivity contribution >= 4 is 11.8 Å². The lowest BCUT2D eigenvalue weighted by atomic mass is 9.91. The summed E-state index contributed by atoms with van der Waals surface area (Å²) in [4.78, 5) is 28.6. The molecule has 1 spiro atoms. The number of piperidine rings is 1. The van der Waals surface area contributed by atoms with Gasteiger partial charge >= 0.3 is 0 Å². The zero-order chi connectivity index (χ0) is 18.3. The van der Waals surface area contributed by atoms with Crippen LogP contribution >= 0.6 is 0 Å². The van der Waals surface area contributed by atoms with Gasteiger partial charge in [0.25, 0.3) is 5.91 Å². The fraction of sp³-hybridized carbons (Fsp3) is 0.579. The van der Waals surface area contributed by atoms with Crippen LogP contribution in [0, 0.1) is 23.0 Å². The van der Waals surface area contributed by atoms with E-state index in [2.05, 4.69) is 5.32 Å². The molecule has 3 aliphatic rings. The first-order valence-electron chi connectivity index (χ1n) is 9.24. The molecular weight excluding hydrogens is 340 g/mol. The van der Waals surface area contributed by atoms with Gasteiger partial charge in [-0.2, -0.15) is 0 Å². The molecule has 0 aromatic heterocycles. The van der Waals surface area contributed by atoms with Crippen molar-refractivity contribution in [3.63, 3.8) is 0 Å². The fourth-order valence-electron chi connectivity index (χ4n) is 4.36. The molecule has 0 bridgehead atoms. The van der Waals surface area contributed by atoms with E-state index in [0.29, 0.717) is 26.2 Å². The number of carbonyl (C=O) groups is 2. The second-order valence-corrected chi connectivity index (χ2v) is 7.61. The molecule has 3 fully saturated rings. The first-order chi connectivity index (χ1) is 12.5. The molecule has 4 rings (SSSR count). The number of nitrogens with one attached hydrogen (secondary N) is 1. The number of carbonyl (C=O) groups excluding carboxylic acids is 2. The van der Waals surface area contributed by atoms with E-state index in [1.807, 2.05) is 4.90 Å². The summed E-state index contributed by atoms with van der Waals surface area (Å²) in [5, 5.41) is 3.34. The van der Waals surface area contributed by atoms with Gasteiger partial charge in [-0.3, -0.25) is 9.59 Å². The molecule has 1 aliphatic carbocycles. The van der Waals surface area contributed by atoms with Crippen molar-refractivity contribution in [1.29, 1.82) is 0 Å². The molecule has 1 aromatic carbocycles. The Bertz CT molecular complexity index is 725. The molecule has 1 atom stereocenters. The SMILES string of the molecule is O=C(c1ccc(F)cc1F)N1CCN(C(=O)C2CC23CCNCC3)CC1. The summed E-state index contributed by atoms with van der Waals surface area (Å²) in [7, 11) is 0. The second-order valence-electron chi connectivity index (χ2n) is 7.61. The zero-order valence-electron chi connectivity index (χ0n) is 14.6. The molecule has 5 nitrogen and oxygen atoms in total. The van der Waals surface area contributed by atoms with Crippen molar-refractivity contribution in [2.45, 2.75) is 19.3 Å². The molecule has 2 heterocycles. The van der Waals surface area contributed by atoms with Crippen molar-refractivity contribution in [2.75, 3.05) is 39.3 Å². The van der Waals surface area contributed by atoms with E-state index in [4.69, 9.17) is 0 Å². The van der Waals surface area contributed by atoms with E-state index < -0.39 is 17.5 Å². The van der Waals surface area contributed by atoms with E-state index in [9.17, 15) is 18.4 Å². The molecule has 140 valence electrons. The Morgan fingerprint density at radius 2 is 1.69 bits per heavy atom. The highest BCUT2D eigenvalue weighted by Gasteiger charge is 2.58. The number of amides is 2. The summed E-state index contributed by atoms with van der Waals surface area (Å²) in [6.07, 6.45) is 3.10. The maximum absolute atomic E-state index is 13.8. The van der Waals surface area contributed by atoms with E-state index >= 15 is 0 Å². The van der Waals surface area contributed by atoms with Gasteiger partial charge in [0.2, 0.25) is 5.91 Å². The Morgan fingerprint density at radius 1 is 1.04 bits per heavy atom. The third-order valence-corrected chi connectivity index (χ3v) is 6.13. The van der Waals surface area contributed by atoms with Crippen LogP contribution in [0.25, 0.3) is 0 Å². The normalized spacial score (nSPS) is 24.6. The minimum Gasteiger partial charge on any atom is -0.339 e. The van der Waals surface area contributed by atoms with Crippen LogP contribution in [0.3, 0.4) is 0 Å². The molecule has 2 aliphatic heterocycles. The number of piperazine rings is 1. The molecule has 26 heavy (non-hydrogen) atoms. The molecule has 1 unspecified atom stereocenters. The van der Waals surface area contributed by atoms with Gasteiger partial charge in [-0.05, 0) is 49.9 Å². The lowest BCUT2D eigenvalue weighted by Gasteiger charge is -2.35. The average molecular weight is 363 g/mol. The molecule has 2 saturated heterocycles. The number of nitrogens with zero attached hydrogens (tertiary/aromatic N) is 2. The molecular formula is C19H23F2N3O2. The third kappa shape index (κ3) is 3.09. The minimum atomic E-state index is -0.848. The highest BCUT2D eigenvalue weighted by atomic mass is 19.1. The third-order valence-electron chi connectivity index (χ3n) is 6.13. The largest absolute Gasteiger partial charge is 0.339 e. The van der Waals surface area contributed by atoms with Gasteiger partial charge in [-0.1, -0.05) is 0 Å². The molecule has 2 amide bonds. The van der Waals surface area contributed by atoms with Crippen LogP contribution in [-0.2, 0) is 4.79 Å². The summed E-state index contributed by atoms with van der Waals surface area (Å²) in [6.45, 7) is 3.66. The highest BCUT2D eigenvalue weighted by molar-refractivity contribution is 5.94. The summed E-state index contributed by atoms with van der Waals surface area (Å²) >= 11 is 0. The Balaban J connectivity index is 1.34. The fourth-order valence-corrected chi connectivity index (χ4v) is 4.36. The Kier molecular flexibility index (Phi) is 4.42. The zero-order valence-corrected chi connectivity index (χ0v) is 14.6. The van der Waals surface area contributed by atoms with Crippen molar-refractivity contribution in [1.82, 2.24) is 15.1 Å². The van der Waals surface area contributed by atoms with Crippen molar-refractivity contribution in [3.05, 3.63) is 35.4 Å². The summed E-state index contributed by atoms with van der Waals surface area (Å²) in [6, 6.07) is 2.98. The van der Waals surface area contributed by atoms with Crippen LogP contribution in [0.4, 0.5) is 8.78 Å². The standard InChI is InChI=1S/C19H23F2N3O2/c20-13-1-2-14(16(21)11-13)17(25)23-7-9-24(10-8-23)18(26)15-12-19(15)3-5-22-6-4-19/h1-2,11,15,22H,3-10,12H2. The first-order valence-corrected chi connectivity index (χ1v) is 9.24. The van der Waals surface area contributed by atoms with E-state index in [1.165, 1.54) is 11.0 Å². The summed E-state index contributed by atoms with van der Waals surface area (Å²) in [5.41, 5.74) is 0.0778. The van der Waals surface area contributed by atoms with Crippen LogP contribution in [-0.4, -0.2) is 60.9 Å². The van der Waals surface area contributed by atoms with E-state index in [-0.39, 0.29) is 22.8 Å². The average Bonchev–Trinajstić information content (AvgIpc) is 3.34. The molecule has 1 N–H and O–H groups in total. The summed E-state index contributed by atoms with van der Waals surface area (Å²) < 4.78 is 26.8. The van der Waals surface area contributed by atoms with Gasteiger partial charge in [0.1, 0.15) is 11.6 Å². The van der Waals surface area contributed by atoms with Crippen LogP contribution in [0.1, 0.15) is 29.6 Å². The maximum atomic E-state index is 13.8. The number of hydrogen-bond acceptors (Lipinski definition) is 3. The quantitative estimate of drug-likeness (QED) is 0.869. The minimum absolute atomic E-state index is 0.123. The number of rotatable bonds is 2. The molecule has 1 saturated carbocycles. The number of halogens is 2. The van der Waals surface area contributed by atoms with E-state index in [0.717, 1.165) is 44.5 Å². The Hall–Kier alpha value is -2.02. The maximum Gasteiger partial charge on any atom is 0.256 e. The van der Waals surface area contributed by atoms with Crippen LogP contribution in [0.2, 0.25) is 0 Å². The Labute approximate surface area is 151 Å². The van der Waals surface area contributed by atoms with Crippen LogP contribution in [0.5, 0.6) is 0 Å². The molecule has 0 radical (unpaired) electrons. The van der Waals surface area contributed by atoms with Crippen molar-refractivity contribution in [3.8, 4) is 0 Å². The predicted octanol–water partition coefficient (Wildman–Crippen LogP) is 1.64. The second kappa shape index (κ2) is 6.61. The van der Waals surface area contributed by atoms with E-state index in [1.54, 1.807) is 0 Å². The highest BCUT2D eigenvalue weighted by Crippen LogP contribution is 2.59. The number of hydrogen-bond donors (Lipinski definition) is 1. The van der Waals surface area contributed by atoms with Crippen LogP contribution in [0.15, 0.2) is 18.2 Å². The van der Waals surface area contributed by atoms with Gasteiger partial charge in [-0.25, -0.2) is 8.78 Å². The predicted molar refractivity (Wildman–Crippen MR) is 91.5 cm³/mol. The first kappa shape index (κ1) is 17.4. The Morgan fingerprint density at radius 3 is 2.35 bits per heavy atom. The van der Waals surface area contributed by atoms with Gasteiger partial charge in [0, 0.05) is 38.2 Å². The number of benzene rings is 1. The van der Waals surface area contributed by atoms with Gasteiger partial charge < -0.3 is 15.1 Å². The lowest BCUT2D eigenvalue weighted by Crippen LogP contribution is -2.51. The van der Waals surface area contributed by atoms with Gasteiger partial charge in [0.05, 0.1) is 5.56 Å². The van der Waals surface area contributed by atoms with Crippen molar-refractivity contribution in [2.24, 2.45) is 11.3 Å². The monoisotopic (exact) mass is 363 g/mol. The van der Waals surface area contributed by atoms with Gasteiger partial charge in [0.15, 0.2) is 0 Å². The summed E-state index contributed by atoms with van der Waals surface area (Å²) in [5.74, 6) is -1.67. The topological polar surface area (TPSA) is 52.7 Å². The van der Waals surface area contributed by atoms with Crippen molar-refractivity contribution < 1.29 is 18.4 Å². The van der Waals surface area contributed by atoms with Gasteiger partial charge in [-0.15, -0.1) is 0 Å². The lowest BCUT2D eigenvalue weighted by molar-refractivity contribution is -0.135. The van der Waals surface area contributed by atoms with Crippen LogP contribution < -0.4 is 5.32 Å². The molecule has 1 aromatic rings. The molecule has 7 heteroatoms. The smallest absolute Gasteiger partial charge is 0.256 e.